The Morgan fingerprint density at radius 3 is 2.65 bits per heavy atom. The van der Waals surface area contributed by atoms with E-state index >= 15 is 0 Å². The average molecular weight is 272 g/mol. The molecule has 3 rings (SSSR count). The van der Waals surface area contributed by atoms with Crippen molar-refractivity contribution in [2.24, 2.45) is 5.41 Å². The number of anilines is 1. The summed E-state index contributed by atoms with van der Waals surface area (Å²) < 4.78 is 24.4. The zero-order valence-corrected chi connectivity index (χ0v) is 10.4. The van der Waals surface area contributed by atoms with Crippen molar-refractivity contribution in [1.82, 2.24) is 0 Å². The molecule has 2 aliphatic rings. The van der Waals surface area contributed by atoms with Gasteiger partial charge < -0.3 is 5.32 Å². The van der Waals surface area contributed by atoms with Crippen molar-refractivity contribution >= 4 is 33.0 Å². The number of benzene rings is 1. The minimum absolute atomic E-state index is 0.112. The Kier molecular flexibility index (Phi) is 2.10. The number of halogens is 1. The molecule has 1 heterocycles. The second kappa shape index (κ2) is 3.23. The Morgan fingerprint density at radius 2 is 2.00 bits per heavy atom. The van der Waals surface area contributed by atoms with E-state index in [0.717, 1.165) is 0 Å². The van der Waals surface area contributed by atoms with Crippen molar-refractivity contribution in [3.8, 4) is 0 Å². The molecule has 0 unspecified atom stereocenters. The fourth-order valence-corrected chi connectivity index (χ4v) is 4.50. The Hall–Kier alpha value is -1.07. The topological polar surface area (TPSA) is 63.2 Å². The van der Waals surface area contributed by atoms with Crippen LogP contribution >= 0.6 is 11.6 Å². The van der Waals surface area contributed by atoms with Crippen molar-refractivity contribution in [3.05, 3.63) is 23.2 Å². The maximum Gasteiger partial charge on any atom is 0.231 e. The number of nitrogens with one attached hydrogen (secondary N) is 1. The van der Waals surface area contributed by atoms with Gasteiger partial charge in [0.1, 0.15) is 0 Å². The molecule has 1 aliphatic heterocycles. The fourth-order valence-electron chi connectivity index (χ4n) is 2.16. The lowest BCUT2D eigenvalue weighted by Gasteiger charge is -2.09. The summed E-state index contributed by atoms with van der Waals surface area (Å²) in [7, 11) is -3.45. The largest absolute Gasteiger partial charge is 0.323 e. The lowest BCUT2D eigenvalue weighted by molar-refractivity contribution is -0.120. The van der Waals surface area contributed by atoms with E-state index < -0.39 is 15.3 Å². The minimum atomic E-state index is -3.45. The summed E-state index contributed by atoms with van der Waals surface area (Å²) in [6.45, 7) is 0. The van der Waals surface area contributed by atoms with E-state index in [1.54, 1.807) is 12.1 Å². The van der Waals surface area contributed by atoms with E-state index in [2.05, 4.69) is 5.32 Å². The fraction of sp³-hybridized carbons (Fsp3) is 0.364. The second-order valence-corrected chi connectivity index (χ2v) is 6.97. The lowest BCUT2D eigenvalue weighted by Crippen LogP contribution is -2.27. The minimum Gasteiger partial charge on any atom is -0.323 e. The van der Waals surface area contributed by atoms with Gasteiger partial charge in [-0.2, -0.15) is 0 Å². The molecule has 6 heteroatoms. The number of hydrogen-bond donors (Lipinski definition) is 1. The maximum absolute atomic E-state index is 12.2. The normalized spacial score (nSPS) is 23.7. The highest BCUT2D eigenvalue weighted by atomic mass is 35.5. The van der Waals surface area contributed by atoms with Gasteiger partial charge in [0, 0.05) is 0 Å². The second-order valence-electron chi connectivity index (χ2n) is 4.61. The highest BCUT2D eigenvalue weighted by molar-refractivity contribution is 7.91. The van der Waals surface area contributed by atoms with Crippen molar-refractivity contribution in [2.75, 3.05) is 11.1 Å². The molecule has 4 nitrogen and oxygen atoms in total. The first-order chi connectivity index (χ1) is 7.95. The van der Waals surface area contributed by atoms with Crippen LogP contribution in [0, 0.1) is 5.41 Å². The Balaban J connectivity index is 2.25. The first kappa shape index (κ1) is 11.0. The van der Waals surface area contributed by atoms with Gasteiger partial charge in [-0.25, -0.2) is 8.42 Å². The van der Waals surface area contributed by atoms with Crippen LogP contribution in [0.25, 0.3) is 0 Å². The van der Waals surface area contributed by atoms with Gasteiger partial charge in [0.15, 0.2) is 9.84 Å². The molecule has 1 aromatic carbocycles. The molecular formula is C11H10ClNO3S. The predicted molar refractivity (Wildman–Crippen MR) is 63.8 cm³/mol. The molecule has 0 saturated heterocycles. The molecule has 17 heavy (non-hydrogen) atoms. The molecule has 1 aromatic rings. The Bertz CT molecular complexity index is 620. The lowest BCUT2D eigenvalue weighted by atomic mass is 10.1. The maximum atomic E-state index is 12.2. The van der Waals surface area contributed by atoms with Gasteiger partial charge in [0.25, 0.3) is 0 Å². The smallest absolute Gasteiger partial charge is 0.231 e. The van der Waals surface area contributed by atoms with Crippen LogP contribution in [-0.2, 0) is 14.6 Å². The van der Waals surface area contributed by atoms with Gasteiger partial charge >= 0.3 is 0 Å². The van der Waals surface area contributed by atoms with E-state index in [1.165, 1.54) is 6.07 Å². The summed E-state index contributed by atoms with van der Waals surface area (Å²) in [4.78, 5) is 12.1. The SMILES string of the molecule is O=C1Nc2c(Cl)cccc2S(=O)(=O)CC12CC2. The van der Waals surface area contributed by atoms with Crippen LogP contribution < -0.4 is 5.32 Å². The number of amides is 1. The van der Waals surface area contributed by atoms with Crippen LogP contribution in [0.1, 0.15) is 12.8 Å². The third kappa shape index (κ3) is 1.57. The summed E-state index contributed by atoms with van der Waals surface area (Å²) in [5.41, 5.74) is -0.496. The molecule has 0 radical (unpaired) electrons. The first-order valence-corrected chi connectivity index (χ1v) is 7.30. The number of carbonyl (C=O) groups is 1. The number of carbonyl (C=O) groups excluding carboxylic acids is 1. The van der Waals surface area contributed by atoms with Crippen LogP contribution in [0.3, 0.4) is 0 Å². The predicted octanol–water partition coefficient (Wildman–Crippen LogP) is 1.85. The number of sulfone groups is 1. The molecule has 1 amide bonds. The van der Waals surface area contributed by atoms with E-state index in [9.17, 15) is 13.2 Å². The zero-order valence-electron chi connectivity index (χ0n) is 8.86. The van der Waals surface area contributed by atoms with Crippen molar-refractivity contribution in [3.63, 3.8) is 0 Å². The molecule has 1 N–H and O–H groups in total. The highest BCUT2D eigenvalue weighted by Crippen LogP contribution is 2.51. The van der Waals surface area contributed by atoms with E-state index in [4.69, 9.17) is 11.6 Å². The van der Waals surface area contributed by atoms with Crippen molar-refractivity contribution < 1.29 is 13.2 Å². The number of para-hydroxylation sites is 1. The molecular weight excluding hydrogens is 262 g/mol. The number of rotatable bonds is 0. The summed E-state index contributed by atoms with van der Waals surface area (Å²) in [6.07, 6.45) is 1.26. The van der Waals surface area contributed by atoms with E-state index in [0.29, 0.717) is 12.8 Å². The van der Waals surface area contributed by atoms with Crippen LogP contribution in [0.5, 0.6) is 0 Å². The van der Waals surface area contributed by atoms with Crippen LogP contribution in [0.15, 0.2) is 23.1 Å². The van der Waals surface area contributed by atoms with Crippen molar-refractivity contribution in [2.45, 2.75) is 17.7 Å². The van der Waals surface area contributed by atoms with Crippen LogP contribution in [0.4, 0.5) is 5.69 Å². The van der Waals surface area contributed by atoms with Crippen molar-refractivity contribution in [1.29, 1.82) is 0 Å². The number of hydrogen-bond acceptors (Lipinski definition) is 3. The summed E-state index contributed by atoms with van der Waals surface area (Å²) >= 11 is 5.94. The van der Waals surface area contributed by atoms with E-state index in [1.807, 2.05) is 0 Å². The summed E-state index contributed by atoms with van der Waals surface area (Å²) in [5, 5.41) is 2.91. The summed E-state index contributed by atoms with van der Waals surface area (Å²) in [5.74, 6) is -0.341. The van der Waals surface area contributed by atoms with Gasteiger partial charge in [-0.3, -0.25) is 4.79 Å². The molecule has 90 valence electrons. The van der Waals surface area contributed by atoms with Gasteiger partial charge in [-0.05, 0) is 25.0 Å². The number of fused-ring (bicyclic) bond motifs is 1. The van der Waals surface area contributed by atoms with Crippen LogP contribution in [0.2, 0.25) is 5.02 Å². The van der Waals surface area contributed by atoms with Gasteiger partial charge in [-0.15, -0.1) is 0 Å². The van der Waals surface area contributed by atoms with Gasteiger partial charge in [-0.1, -0.05) is 17.7 Å². The molecule has 0 atom stereocenters. The molecule has 0 aromatic heterocycles. The monoisotopic (exact) mass is 271 g/mol. The standard InChI is InChI=1S/C11H10ClNO3S/c12-7-2-1-3-8-9(7)13-10(14)11(4-5-11)6-17(8,15)16/h1-3H,4-6H2,(H,13,14). The van der Waals surface area contributed by atoms with Gasteiger partial charge in [0.2, 0.25) is 5.91 Å². The molecule has 1 spiro atoms. The zero-order chi connectivity index (χ0) is 12.3. The molecule has 1 aliphatic carbocycles. The quantitative estimate of drug-likeness (QED) is 0.783. The highest BCUT2D eigenvalue weighted by Gasteiger charge is 2.55. The third-order valence-electron chi connectivity index (χ3n) is 3.35. The molecule has 0 bridgehead atoms. The Morgan fingerprint density at radius 1 is 1.29 bits per heavy atom. The average Bonchev–Trinajstić information content (AvgIpc) is 3.00. The molecule has 1 saturated carbocycles. The Labute approximate surface area is 104 Å². The van der Waals surface area contributed by atoms with Crippen LogP contribution in [-0.4, -0.2) is 20.1 Å². The first-order valence-electron chi connectivity index (χ1n) is 5.27. The summed E-state index contributed by atoms with van der Waals surface area (Å²) in [6, 6.07) is 4.63. The van der Waals surface area contributed by atoms with Gasteiger partial charge in [0.05, 0.1) is 26.8 Å². The third-order valence-corrected chi connectivity index (χ3v) is 5.61. The molecule has 1 fully saturated rings. The van der Waals surface area contributed by atoms with E-state index in [-0.39, 0.29) is 27.3 Å².